The molecule has 6 heteroatoms. The number of nitrogen functional groups attached to an aromatic ring is 1. The number of rotatable bonds is 6. The van der Waals surface area contributed by atoms with E-state index in [2.05, 4.69) is 16.9 Å². The molecule has 24 heavy (non-hydrogen) atoms. The van der Waals surface area contributed by atoms with Crippen LogP contribution < -0.4 is 10.5 Å². The molecule has 0 saturated carbocycles. The summed E-state index contributed by atoms with van der Waals surface area (Å²) in [5, 5.41) is 0. The fraction of sp³-hybridized carbons (Fsp3) is 0.389. The summed E-state index contributed by atoms with van der Waals surface area (Å²) < 4.78 is 5.56. The summed E-state index contributed by atoms with van der Waals surface area (Å²) in [5.41, 5.74) is 8.56. The summed E-state index contributed by atoms with van der Waals surface area (Å²) in [5.74, 6) is 1.25. The molecular weight excluding hydrogens is 304 g/mol. The molecule has 126 valence electrons. The van der Waals surface area contributed by atoms with E-state index in [0.29, 0.717) is 25.9 Å². The molecule has 6 nitrogen and oxygen atoms in total. The lowest BCUT2D eigenvalue weighted by Gasteiger charge is -2.15. The number of anilines is 1. The number of hydrogen-bond donors (Lipinski definition) is 1. The third kappa shape index (κ3) is 3.82. The average molecular weight is 326 g/mol. The monoisotopic (exact) mass is 326 g/mol. The van der Waals surface area contributed by atoms with Gasteiger partial charge in [-0.3, -0.25) is 4.79 Å². The highest BCUT2D eigenvalue weighted by Gasteiger charge is 2.24. The molecule has 2 N–H and O–H groups in total. The maximum Gasteiger partial charge on any atom is 0.223 e. The number of hydrogen-bond acceptors (Lipinski definition) is 5. The Bertz CT molecular complexity index is 715. The Balaban J connectivity index is 1.51. The van der Waals surface area contributed by atoms with Crippen LogP contribution in [0.25, 0.3) is 0 Å². The van der Waals surface area contributed by atoms with E-state index in [1.165, 1.54) is 0 Å². The second-order valence-corrected chi connectivity index (χ2v) is 5.94. The highest BCUT2D eigenvalue weighted by Crippen LogP contribution is 2.22. The second-order valence-electron chi connectivity index (χ2n) is 5.94. The van der Waals surface area contributed by atoms with Crippen LogP contribution in [0.4, 0.5) is 5.95 Å². The smallest absolute Gasteiger partial charge is 0.223 e. The second kappa shape index (κ2) is 7.29. The van der Waals surface area contributed by atoms with Gasteiger partial charge in [-0.15, -0.1) is 0 Å². The zero-order valence-electron chi connectivity index (χ0n) is 13.9. The summed E-state index contributed by atoms with van der Waals surface area (Å²) in [6.45, 7) is 3.89. The number of aromatic nitrogens is 2. The van der Waals surface area contributed by atoms with Gasteiger partial charge in [0.05, 0.1) is 18.8 Å². The van der Waals surface area contributed by atoms with Gasteiger partial charge in [-0.25, -0.2) is 9.97 Å². The van der Waals surface area contributed by atoms with Crippen LogP contribution in [0.1, 0.15) is 36.6 Å². The van der Waals surface area contributed by atoms with Crippen molar-refractivity contribution in [3.8, 4) is 5.75 Å². The SMILES string of the molecule is CCCOc1ccc(CCC(=O)N2Cc3cnc(N)nc3C2)cc1. The maximum absolute atomic E-state index is 12.4. The minimum Gasteiger partial charge on any atom is -0.494 e. The largest absolute Gasteiger partial charge is 0.494 e. The lowest BCUT2D eigenvalue weighted by atomic mass is 10.1. The first-order valence-corrected chi connectivity index (χ1v) is 8.25. The number of carbonyl (C=O) groups is 1. The number of ether oxygens (including phenoxy) is 1. The summed E-state index contributed by atoms with van der Waals surface area (Å²) in [6.07, 6.45) is 3.89. The molecule has 0 unspecified atom stereocenters. The zero-order chi connectivity index (χ0) is 16.9. The van der Waals surface area contributed by atoms with Crippen LogP contribution in [0.5, 0.6) is 5.75 Å². The molecule has 0 atom stereocenters. The first-order valence-electron chi connectivity index (χ1n) is 8.25. The predicted molar refractivity (Wildman–Crippen MR) is 91.2 cm³/mol. The van der Waals surface area contributed by atoms with Crippen molar-refractivity contribution in [1.29, 1.82) is 0 Å². The van der Waals surface area contributed by atoms with Crippen LogP contribution in [0, 0.1) is 0 Å². The Morgan fingerprint density at radius 3 is 2.83 bits per heavy atom. The number of fused-ring (bicyclic) bond motifs is 1. The molecule has 1 aromatic heterocycles. The highest BCUT2D eigenvalue weighted by atomic mass is 16.5. The Labute approximate surface area is 141 Å². The quantitative estimate of drug-likeness (QED) is 0.881. The molecule has 3 rings (SSSR count). The number of amides is 1. The van der Waals surface area contributed by atoms with Crippen LogP contribution >= 0.6 is 0 Å². The molecule has 1 aliphatic heterocycles. The molecule has 0 radical (unpaired) electrons. The summed E-state index contributed by atoms with van der Waals surface area (Å²) in [6, 6.07) is 7.95. The standard InChI is InChI=1S/C18H22N4O2/c1-2-9-24-15-6-3-13(4-7-15)5-8-17(23)22-11-14-10-20-18(19)21-16(14)12-22/h3-4,6-7,10H,2,5,8-9,11-12H2,1H3,(H2,19,20,21). The molecule has 1 aromatic carbocycles. The summed E-state index contributed by atoms with van der Waals surface area (Å²) in [7, 11) is 0. The summed E-state index contributed by atoms with van der Waals surface area (Å²) in [4.78, 5) is 22.4. The van der Waals surface area contributed by atoms with Crippen molar-refractivity contribution in [3.63, 3.8) is 0 Å². The van der Waals surface area contributed by atoms with Gasteiger partial charge in [0.1, 0.15) is 5.75 Å². The van der Waals surface area contributed by atoms with E-state index in [9.17, 15) is 4.79 Å². The molecule has 0 spiro atoms. The number of nitrogens with two attached hydrogens (primary N) is 1. The molecule has 0 aliphatic carbocycles. The van der Waals surface area contributed by atoms with E-state index in [4.69, 9.17) is 10.5 Å². The van der Waals surface area contributed by atoms with Gasteiger partial charge in [-0.1, -0.05) is 19.1 Å². The number of carbonyl (C=O) groups excluding carboxylic acids is 1. The molecule has 0 saturated heterocycles. The van der Waals surface area contributed by atoms with E-state index in [1.807, 2.05) is 24.3 Å². The normalized spacial score (nSPS) is 13.0. The van der Waals surface area contributed by atoms with Crippen molar-refractivity contribution < 1.29 is 9.53 Å². The van der Waals surface area contributed by atoms with Gasteiger partial charge in [-0.05, 0) is 30.5 Å². The van der Waals surface area contributed by atoms with Crippen molar-refractivity contribution in [2.24, 2.45) is 0 Å². The average Bonchev–Trinajstić information content (AvgIpc) is 3.02. The first-order chi connectivity index (χ1) is 11.7. The van der Waals surface area contributed by atoms with Gasteiger partial charge in [0.25, 0.3) is 0 Å². The zero-order valence-corrected chi connectivity index (χ0v) is 13.9. The molecule has 1 amide bonds. The van der Waals surface area contributed by atoms with Crippen molar-refractivity contribution >= 4 is 11.9 Å². The van der Waals surface area contributed by atoms with E-state index in [1.54, 1.807) is 11.1 Å². The molecule has 2 heterocycles. The summed E-state index contributed by atoms with van der Waals surface area (Å²) >= 11 is 0. The van der Waals surface area contributed by atoms with Crippen LogP contribution in [0.2, 0.25) is 0 Å². The first kappa shape index (κ1) is 16.2. The van der Waals surface area contributed by atoms with Crippen LogP contribution in [-0.4, -0.2) is 27.4 Å². The van der Waals surface area contributed by atoms with Gasteiger partial charge < -0.3 is 15.4 Å². The van der Waals surface area contributed by atoms with Crippen molar-refractivity contribution in [3.05, 3.63) is 47.3 Å². The number of nitrogens with zero attached hydrogens (tertiary/aromatic N) is 3. The van der Waals surface area contributed by atoms with Crippen molar-refractivity contribution in [2.75, 3.05) is 12.3 Å². The van der Waals surface area contributed by atoms with Crippen LogP contribution in [-0.2, 0) is 24.3 Å². The molecule has 1 aliphatic rings. The van der Waals surface area contributed by atoms with E-state index >= 15 is 0 Å². The lowest BCUT2D eigenvalue weighted by Crippen LogP contribution is -2.25. The number of aryl methyl sites for hydroxylation is 1. The molecule has 2 aromatic rings. The fourth-order valence-corrected chi connectivity index (χ4v) is 2.73. The van der Waals surface area contributed by atoms with Crippen molar-refractivity contribution in [2.45, 2.75) is 39.3 Å². The highest BCUT2D eigenvalue weighted by molar-refractivity contribution is 5.77. The van der Waals surface area contributed by atoms with E-state index in [0.717, 1.165) is 35.6 Å². The molecular formula is C18H22N4O2. The Kier molecular flexibility index (Phi) is 4.93. The fourth-order valence-electron chi connectivity index (χ4n) is 2.73. The van der Waals surface area contributed by atoms with Crippen LogP contribution in [0.15, 0.2) is 30.5 Å². The van der Waals surface area contributed by atoms with Gasteiger partial charge in [0, 0.05) is 24.7 Å². The van der Waals surface area contributed by atoms with Crippen LogP contribution in [0.3, 0.4) is 0 Å². The lowest BCUT2D eigenvalue weighted by molar-refractivity contribution is -0.131. The van der Waals surface area contributed by atoms with Gasteiger partial charge in [0.15, 0.2) is 0 Å². The maximum atomic E-state index is 12.4. The minimum absolute atomic E-state index is 0.123. The Morgan fingerprint density at radius 2 is 2.08 bits per heavy atom. The third-order valence-corrected chi connectivity index (χ3v) is 4.05. The van der Waals surface area contributed by atoms with E-state index in [-0.39, 0.29) is 11.9 Å². The van der Waals surface area contributed by atoms with E-state index < -0.39 is 0 Å². The predicted octanol–water partition coefficient (Wildman–Crippen LogP) is 2.32. The van der Waals surface area contributed by atoms with Crippen molar-refractivity contribution in [1.82, 2.24) is 14.9 Å². The van der Waals surface area contributed by atoms with Gasteiger partial charge in [-0.2, -0.15) is 0 Å². The molecule has 0 bridgehead atoms. The Hall–Kier alpha value is -2.63. The van der Waals surface area contributed by atoms with Gasteiger partial charge in [0.2, 0.25) is 11.9 Å². The third-order valence-electron chi connectivity index (χ3n) is 4.05. The minimum atomic E-state index is 0.123. The van der Waals surface area contributed by atoms with Gasteiger partial charge >= 0.3 is 0 Å². The Morgan fingerprint density at radius 1 is 1.29 bits per heavy atom. The molecule has 0 fully saturated rings. The number of benzene rings is 1. The topological polar surface area (TPSA) is 81.3 Å².